The maximum absolute atomic E-state index is 12.6. The van der Waals surface area contributed by atoms with Gasteiger partial charge in [-0.1, -0.05) is 6.92 Å². The number of nitrogens with zero attached hydrogens (tertiary/aromatic N) is 1. The van der Waals surface area contributed by atoms with E-state index in [1.165, 1.54) is 18.2 Å². The van der Waals surface area contributed by atoms with Crippen LogP contribution < -0.4 is 14.8 Å². The molecule has 1 aliphatic rings. The summed E-state index contributed by atoms with van der Waals surface area (Å²) in [7, 11) is -3.83. The van der Waals surface area contributed by atoms with Gasteiger partial charge in [-0.2, -0.15) is 5.10 Å². The molecule has 0 radical (unpaired) electrons. The van der Waals surface area contributed by atoms with Gasteiger partial charge in [-0.3, -0.25) is 14.6 Å². The molecule has 1 atom stereocenters. The van der Waals surface area contributed by atoms with Crippen molar-refractivity contribution < 1.29 is 17.9 Å². The third-order valence-corrected chi connectivity index (χ3v) is 5.22. The molecular formula is C15H18N4O4S. The molecule has 0 fully saturated rings. The number of aromatic nitrogens is 2. The fourth-order valence-corrected chi connectivity index (χ4v) is 3.51. The highest BCUT2D eigenvalue weighted by Crippen LogP contribution is 2.32. The molecule has 0 bridgehead atoms. The average Bonchev–Trinajstić information content (AvgIpc) is 2.87. The number of fused-ring (bicyclic) bond motifs is 1. The third kappa shape index (κ3) is 2.82. The average molecular weight is 350 g/mol. The number of hydrogen-bond acceptors (Lipinski definition) is 5. The van der Waals surface area contributed by atoms with Gasteiger partial charge in [0, 0.05) is 11.3 Å². The van der Waals surface area contributed by atoms with Crippen molar-refractivity contribution in [3.05, 3.63) is 29.5 Å². The molecule has 128 valence electrons. The van der Waals surface area contributed by atoms with Crippen molar-refractivity contribution in [2.45, 2.75) is 38.2 Å². The minimum atomic E-state index is -3.83. The number of ether oxygens (including phenoxy) is 1. The van der Waals surface area contributed by atoms with Gasteiger partial charge in [0.05, 0.1) is 10.6 Å². The van der Waals surface area contributed by atoms with Crippen LogP contribution in [0.5, 0.6) is 5.75 Å². The normalized spacial score (nSPS) is 17.0. The van der Waals surface area contributed by atoms with E-state index in [4.69, 9.17) is 4.74 Å². The quantitative estimate of drug-likeness (QED) is 0.778. The molecular weight excluding hydrogens is 332 g/mol. The number of nitrogens with one attached hydrogen (secondary N) is 3. The van der Waals surface area contributed by atoms with Crippen LogP contribution in [0, 0.1) is 6.92 Å². The monoisotopic (exact) mass is 350 g/mol. The van der Waals surface area contributed by atoms with Crippen LogP contribution in [0.2, 0.25) is 0 Å². The smallest absolute Gasteiger partial charge is 0.265 e. The number of hydrogen-bond donors (Lipinski definition) is 3. The summed E-state index contributed by atoms with van der Waals surface area (Å²) in [5.41, 5.74) is 1.95. The van der Waals surface area contributed by atoms with Crippen LogP contribution in [-0.2, 0) is 21.2 Å². The first-order chi connectivity index (χ1) is 11.3. The van der Waals surface area contributed by atoms with E-state index in [-0.39, 0.29) is 16.6 Å². The number of aryl methyl sites for hydroxylation is 1. The second-order valence-corrected chi connectivity index (χ2v) is 7.22. The Kier molecular flexibility index (Phi) is 3.96. The Morgan fingerprint density at radius 3 is 2.79 bits per heavy atom. The molecule has 0 aliphatic carbocycles. The van der Waals surface area contributed by atoms with E-state index in [9.17, 15) is 13.2 Å². The Balaban J connectivity index is 1.91. The lowest BCUT2D eigenvalue weighted by Gasteiger charge is -2.23. The lowest BCUT2D eigenvalue weighted by Crippen LogP contribution is -2.34. The molecule has 2 heterocycles. The number of carbonyl (C=O) groups is 1. The highest BCUT2D eigenvalue weighted by molar-refractivity contribution is 7.92. The number of rotatable bonds is 4. The molecule has 0 unspecified atom stereocenters. The SMILES string of the molecule is CCc1[nH]nc(NS(=O)(=O)c2ccc3c(c2)NC(=O)[C@H](C)O3)c1C. The summed E-state index contributed by atoms with van der Waals surface area (Å²) in [6, 6.07) is 4.31. The first kappa shape index (κ1) is 16.3. The zero-order valence-electron chi connectivity index (χ0n) is 13.5. The van der Waals surface area contributed by atoms with Crippen LogP contribution in [-0.4, -0.2) is 30.6 Å². The van der Waals surface area contributed by atoms with Crippen molar-refractivity contribution in [3.8, 4) is 5.75 Å². The first-order valence-electron chi connectivity index (χ1n) is 7.50. The van der Waals surface area contributed by atoms with E-state index in [2.05, 4.69) is 20.2 Å². The Labute approximate surface area is 139 Å². The summed E-state index contributed by atoms with van der Waals surface area (Å²) >= 11 is 0. The highest BCUT2D eigenvalue weighted by Gasteiger charge is 2.26. The summed E-state index contributed by atoms with van der Waals surface area (Å²) in [6.07, 6.45) is 0.110. The van der Waals surface area contributed by atoms with Crippen LogP contribution in [0.25, 0.3) is 0 Å². The summed E-state index contributed by atoms with van der Waals surface area (Å²) < 4.78 is 33.0. The Bertz CT molecular complexity index is 904. The van der Waals surface area contributed by atoms with Crippen molar-refractivity contribution in [1.29, 1.82) is 0 Å². The second-order valence-electron chi connectivity index (χ2n) is 5.54. The summed E-state index contributed by atoms with van der Waals surface area (Å²) in [5, 5.41) is 9.43. The molecule has 8 nitrogen and oxygen atoms in total. The summed E-state index contributed by atoms with van der Waals surface area (Å²) in [4.78, 5) is 11.7. The van der Waals surface area contributed by atoms with E-state index in [1.807, 2.05) is 6.92 Å². The molecule has 0 saturated carbocycles. The van der Waals surface area contributed by atoms with Crippen molar-refractivity contribution in [3.63, 3.8) is 0 Å². The minimum absolute atomic E-state index is 0.0140. The van der Waals surface area contributed by atoms with Gasteiger partial charge in [0.1, 0.15) is 5.75 Å². The van der Waals surface area contributed by atoms with Crippen molar-refractivity contribution in [2.24, 2.45) is 0 Å². The molecule has 9 heteroatoms. The second kappa shape index (κ2) is 5.82. The van der Waals surface area contributed by atoms with Gasteiger partial charge in [0.2, 0.25) is 0 Å². The molecule has 1 aromatic heterocycles. The van der Waals surface area contributed by atoms with Crippen LogP contribution in [0.4, 0.5) is 11.5 Å². The van der Waals surface area contributed by atoms with Crippen molar-refractivity contribution in [2.75, 3.05) is 10.0 Å². The zero-order chi connectivity index (χ0) is 17.5. The van der Waals surface area contributed by atoms with E-state index in [1.54, 1.807) is 13.8 Å². The van der Waals surface area contributed by atoms with Gasteiger partial charge in [0.25, 0.3) is 15.9 Å². The van der Waals surface area contributed by atoms with Crippen LogP contribution in [0.15, 0.2) is 23.1 Å². The third-order valence-electron chi connectivity index (χ3n) is 3.89. The summed E-state index contributed by atoms with van der Waals surface area (Å²) in [6.45, 7) is 5.37. The number of carbonyl (C=O) groups excluding carboxylic acids is 1. The largest absolute Gasteiger partial charge is 0.479 e. The maximum atomic E-state index is 12.6. The van der Waals surface area contributed by atoms with Crippen LogP contribution in [0.1, 0.15) is 25.1 Å². The van der Waals surface area contributed by atoms with Gasteiger partial charge >= 0.3 is 0 Å². The van der Waals surface area contributed by atoms with E-state index < -0.39 is 16.1 Å². The Hall–Kier alpha value is -2.55. The van der Waals surface area contributed by atoms with Gasteiger partial charge in [-0.25, -0.2) is 8.42 Å². The lowest BCUT2D eigenvalue weighted by atomic mass is 10.2. The molecule has 2 aromatic rings. The lowest BCUT2D eigenvalue weighted by molar-refractivity contribution is -0.122. The maximum Gasteiger partial charge on any atom is 0.265 e. The van der Waals surface area contributed by atoms with Gasteiger partial charge in [0.15, 0.2) is 11.9 Å². The van der Waals surface area contributed by atoms with Crippen LogP contribution in [0.3, 0.4) is 0 Å². The van der Waals surface area contributed by atoms with Gasteiger partial charge < -0.3 is 10.1 Å². The number of aromatic amines is 1. The molecule has 1 aromatic carbocycles. The molecule has 1 aliphatic heterocycles. The fourth-order valence-electron chi connectivity index (χ4n) is 2.42. The summed E-state index contributed by atoms with van der Waals surface area (Å²) in [5.74, 6) is 0.379. The molecule has 24 heavy (non-hydrogen) atoms. The molecule has 0 saturated heterocycles. The number of H-pyrrole nitrogens is 1. The van der Waals surface area contributed by atoms with Crippen molar-refractivity contribution >= 4 is 27.4 Å². The van der Waals surface area contributed by atoms with Crippen LogP contribution >= 0.6 is 0 Å². The van der Waals surface area contributed by atoms with E-state index in [0.29, 0.717) is 11.4 Å². The fraction of sp³-hybridized carbons (Fsp3) is 0.333. The molecule has 0 spiro atoms. The van der Waals surface area contributed by atoms with Crippen molar-refractivity contribution in [1.82, 2.24) is 10.2 Å². The van der Waals surface area contributed by atoms with Gasteiger partial charge in [-0.15, -0.1) is 0 Å². The standard InChI is InChI=1S/C15H18N4O4S/c1-4-11-8(2)14(18-17-11)19-24(21,22)10-5-6-13-12(7-10)16-15(20)9(3)23-13/h5-7,9H,4H2,1-3H3,(H,16,20)(H2,17,18,19)/t9-/m0/s1. The molecule has 1 amide bonds. The predicted octanol–water partition coefficient (Wildman–Crippen LogP) is 1.80. The highest BCUT2D eigenvalue weighted by atomic mass is 32.2. The first-order valence-corrected chi connectivity index (χ1v) is 8.98. The van der Waals surface area contributed by atoms with E-state index in [0.717, 1.165) is 17.7 Å². The Morgan fingerprint density at radius 2 is 2.12 bits per heavy atom. The van der Waals surface area contributed by atoms with Gasteiger partial charge in [-0.05, 0) is 38.5 Å². The number of amides is 1. The van der Waals surface area contributed by atoms with E-state index >= 15 is 0 Å². The zero-order valence-corrected chi connectivity index (χ0v) is 14.3. The number of anilines is 2. The predicted molar refractivity (Wildman–Crippen MR) is 88.7 cm³/mol. The molecule has 3 rings (SSSR count). The molecule has 3 N–H and O–H groups in total. The number of sulfonamides is 1. The minimum Gasteiger partial charge on any atom is -0.479 e. The Morgan fingerprint density at radius 1 is 1.38 bits per heavy atom. The topological polar surface area (TPSA) is 113 Å². The number of benzene rings is 1.